The highest BCUT2D eigenvalue weighted by molar-refractivity contribution is 5.52. The van der Waals surface area contributed by atoms with Crippen molar-refractivity contribution in [2.75, 3.05) is 18.0 Å². The number of aromatic nitrogens is 1. The summed E-state index contributed by atoms with van der Waals surface area (Å²) < 4.78 is 28.8. The van der Waals surface area contributed by atoms with E-state index in [9.17, 15) is 8.78 Å². The van der Waals surface area contributed by atoms with Gasteiger partial charge < -0.3 is 15.0 Å². The van der Waals surface area contributed by atoms with Crippen LogP contribution in [0.15, 0.2) is 12.1 Å². The van der Waals surface area contributed by atoms with Crippen molar-refractivity contribution in [1.29, 1.82) is 0 Å². The highest BCUT2D eigenvalue weighted by Gasteiger charge is 2.27. The lowest BCUT2D eigenvalue weighted by Crippen LogP contribution is -2.59. The van der Waals surface area contributed by atoms with Crippen LogP contribution in [0.5, 0.6) is 5.88 Å². The lowest BCUT2D eigenvalue weighted by atomic mass is 10.1. The molecular formula is C13H19F2N3O. The molecule has 2 rings (SSSR count). The van der Waals surface area contributed by atoms with E-state index in [2.05, 4.69) is 33.8 Å². The Balaban J connectivity index is 2.00. The quantitative estimate of drug-likeness (QED) is 0.890. The number of alkyl halides is 2. The van der Waals surface area contributed by atoms with E-state index in [4.69, 9.17) is 0 Å². The molecule has 0 atom stereocenters. The van der Waals surface area contributed by atoms with Crippen molar-refractivity contribution in [3.05, 3.63) is 17.8 Å². The van der Waals surface area contributed by atoms with Gasteiger partial charge in [0.1, 0.15) is 0 Å². The van der Waals surface area contributed by atoms with Crippen molar-refractivity contribution in [3.63, 3.8) is 0 Å². The van der Waals surface area contributed by atoms with E-state index in [1.54, 1.807) is 13.0 Å². The fourth-order valence-corrected chi connectivity index (χ4v) is 2.22. The highest BCUT2D eigenvalue weighted by Crippen LogP contribution is 2.26. The molecule has 0 saturated carbocycles. The molecule has 0 unspecified atom stereocenters. The maximum atomic E-state index is 12.2. The molecule has 1 N–H and O–H groups in total. The summed E-state index contributed by atoms with van der Waals surface area (Å²) in [4.78, 5) is 6.06. The minimum Gasteiger partial charge on any atom is -0.417 e. The molecule has 106 valence electrons. The van der Waals surface area contributed by atoms with Crippen LogP contribution in [0.3, 0.4) is 0 Å². The Morgan fingerprint density at radius 1 is 1.37 bits per heavy atom. The average molecular weight is 271 g/mol. The number of anilines is 1. The number of hydrogen-bond donors (Lipinski definition) is 1. The van der Waals surface area contributed by atoms with Crippen LogP contribution in [0, 0.1) is 6.92 Å². The summed E-state index contributed by atoms with van der Waals surface area (Å²) in [6.07, 6.45) is 0. The first-order valence-electron chi connectivity index (χ1n) is 6.38. The molecular weight excluding hydrogens is 252 g/mol. The maximum absolute atomic E-state index is 12.2. The molecule has 1 aromatic rings. The van der Waals surface area contributed by atoms with Gasteiger partial charge in [-0.25, -0.2) is 4.98 Å². The fourth-order valence-electron chi connectivity index (χ4n) is 2.22. The molecule has 0 aliphatic carbocycles. The number of aryl methyl sites for hydroxylation is 1. The third kappa shape index (κ3) is 3.76. The van der Waals surface area contributed by atoms with E-state index in [1.807, 2.05) is 6.07 Å². The van der Waals surface area contributed by atoms with Crippen molar-refractivity contribution in [1.82, 2.24) is 10.3 Å². The normalized spacial score (nSPS) is 16.1. The molecule has 2 heterocycles. The number of pyridine rings is 1. The monoisotopic (exact) mass is 271 g/mol. The number of halogens is 2. The second-order valence-corrected chi connectivity index (χ2v) is 5.11. The Kier molecular flexibility index (Phi) is 4.19. The van der Waals surface area contributed by atoms with Gasteiger partial charge in [0.05, 0.1) is 0 Å². The molecule has 0 spiro atoms. The SMILES string of the molecule is Cc1cc(N2CC(NC(C)C)C2)cc(OC(F)F)n1. The summed E-state index contributed by atoms with van der Waals surface area (Å²) in [5.41, 5.74) is 1.55. The summed E-state index contributed by atoms with van der Waals surface area (Å²) in [5.74, 6) is -0.0229. The van der Waals surface area contributed by atoms with E-state index < -0.39 is 6.61 Å². The Morgan fingerprint density at radius 3 is 2.63 bits per heavy atom. The smallest absolute Gasteiger partial charge is 0.388 e. The maximum Gasteiger partial charge on any atom is 0.388 e. The third-order valence-electron chi connectivity index (χ3n) is 2.94. The molecule has 1 fully saturated rings. The van der Waals surface area contributed by atoms with Crippen molar-refractivity contribution >= 4 is 5.69 Å². The lowest BCUT2D eigenvalue weighted by Gasteiger charge is -2.42. The van der Waals surface area contributed by atoms with Crippen LogP contribution >= 0.6 is 0 Å². The van der Waals surface area contributed by atoms with Crippen LogP contribution in [-0.2, 0) is 0 Å². The molecule has 0 amide bonds. The van der Waals surface area contributed by atoms with Crippen molar-refractivity contribution in [2.45, 2.75) is 39.5 Å². The molecule has 0 aromatic carbocycles. The molecule has 1 aliphatic rings. The summed E-state index contributed by atoms with van der Waals surface area (Å²) in [7, 11) is 0. The van der Waals surface area contributed by atoms with Gasteiger partial charge >= 0.3 is 6.61 Å². The summed E-state index contributed by atoms with van der Waals surface area (Å²) in [5, 5.41) is 3.43. The third-order valence-corrected chi connectivity index (χ3v) is 2.94. The summed E-state index contributed by atoms with van der Waals surface area (Å²) >= 11 is 0. The molecule has 0 bridgehead atoms. The highest BCUT2D eigenvalue weighted by atomic mass is 19.3. The van der Waals surface area contributed by atoms with Gasteiger partial charge in [-0.05, 0) is 13.0 Å². The molecule has 19 heavy (non-hydrogen) atoms. The topological polar surface area (TPSA) is 37.4 Å². The summed E-state index contributed by atoms with van der Waals surface area (Å²) in [6.45, 7) is 4.88. The number of hydrogen-bond acceptors (Lipinski definition) is 4. The van der Waals surface area contributed by atoms with Gasteiger partial charge in [-0.15, -0.1) is 0 Å². The number of nitrogens with one attached hydrogen (secondary N) is 1. The zero-order valence-corrected chi connectivity index (χ0v) is 11.4. The number of rotatable bonds is 5. The van der Waals surface area contributed by atoms with E-state index in [0.717, 1.165) is 18.8 Å². The first kappa shape index (κ1) is 14.0. The van der Waals surface area contributed by atoms with E-state index in [1.165, 1.54) is 0 Å². The van der Waals surface area contributed by atoms with E-state index in [0.29, 0.717) is 17.8 Å². The molecule has 4 nitrogen and oxygen atoms in total. The minimum absolute atomic E-state index is 0.0229. The van der Waals surface area contributed by atoms with Gasteiger partial charge in [-0.3, -0.25) is 0 Å². The zero-order chi connectivity index (χ0) is 14.0. The van der Waals surface area contributed by atoms with Gasteiger partial charge in [0, 0.05) is 42.6 Å². The van der Waals surface area contributed by atoms with Crippen LogP contribution in [0.25, 0.3) is 0 Å². The Labute approximate surface area is 111 Å². The predicted molar refractivity (Wildman–Crippen MR) is 69.9 cm³/mol. The number of ether oxygens (including phenoxy) is 1. The Bertz CT molecular complexity index is 434. The van der Waals surface area contributed by atoms with Gasteiger partial charge in [0.15, 0.2) is 0 Å². The number of nitrogens with zero attached hydrogens (tertiary/aromatic N) is 2. The van der Waals surface area contributed by atoms with E-state index in [-0.39, 0.29) is 5.88 Å². The van der Waals surface area contributed by atoms with Crippen molar-refractivity contribution in [2.24, 2.45) is 0 Å². The van der Waals surface area contributed by atoms with Crippen LogP contribution in [-0.4, -0.2) is 36.8 Å². The zero-order valence-electron chi connectivity index (χ0n) is 11.4. The molecule has 1 aromatic heterocycles. The standard InChI is InChI=1S/C13H19F2N3O/c1-8(2)16-10-6-18(7-10)11-4-9(3)17-12(5-11)19-13(14)15/h4-5,8,10,13,16H,6-7H2,1-3H3. The Hall–Kier alpha value is -1.43. The molecule has 0 radical (unpaired) electrons. The average Bonchev–Trinajstić information content (AvgIpc) is 2.20. The molecule has 6 heteroatoms. The second kappa shape index (κ2) is 5.69. The van der Waals surface area contributed by atoms with E-state index >= 15 is 0 Å². The van der Waals surface area contributed by atoms with Gasteiger partial charge in [0.25, 0.3) is 0 Å². The second-order valence-electron chi connectivity index (χ2n) is 5.11. The predicted octanol–water partition coefficient (Wildman–Crippen LogP) is 2.18. The molecule has 1 aliphatic heterocycles. The van der Waals surface area contributed by atoms with Crippen molar-refractivity contribution < 1.29 is 13.5 Å². The lowest BCUT2D eigenvalue weighted by molar-refractivity contribution is -0.0528. The van der Waals surface area contributed by atoms with Crippen LogP contribution in [0.2, 0.25) is 0 Å². The van der Waals surface area contributed by atoms with Gasteiger partial charge in [-0.1, -0.05) is 13.8 Å². The first-order chi connectivity index (χ1) is 8.94. The van der Waals surface area contributed by atoms with Crippen LogP contribution < -0.4 is 15.0 Å². The van der Waals surface area contributed by atoms with Crippen molar-refractivity contribution in [3.8, 4) is 5.88 Å². The fraction of sp³-hybridized carbons (Fsp3) is 0.615. The van der Waals surface area contributed by atoms with Crippen LogP contribution in [0.1, 0.15) is 19.5 Å². The summed E-state index contributed by atoms with van der Waals surface area (Å²) in [6, 6.07) is 4.34. The molecule has 1 saturated heterocycles. The largest absolute Gasteiger partial charge is 0.417 e. The Morgan fingerprint density at radius 2 is 2.05 bits per heavy atom. The van der Waals surface area contributed by atoms with Gasteiger partial charge in [0.2, 0.25) is 5.88 Å². The minimum atomic E-state index is -2.84. The van der Waals surface area contributed by atoms with Crippen LogP contribution in [0.4, 0.5) is 14.5 Å². The van der Waals surface area contributed by atoms with Gasteiger partial charge in [-0.2, -0.15) is 8.78 Å². The first-order valence-corrected chi connectivity index (χ1v) is 6.38.